The summed E-state index contributed by atoms with van der Waals surface area (Å²) in [6, 6.07) is 1.70. The van der Waals surface area contributed by atoms with E-state index < -0.39 is 23.2 Å². The van der Waals surface area contributed by atoms with Gasteiger partial charge in [0.25, 0.3) is 0 Å². The summed E-state index contributed by atoms with van der Waals surface area (Å²) in [5, 5.41) is 3.00. The van der Waals surface area contributed by atoms with Gasteiger partial charge < -0.3 is 20.7 Å². The molecule has 0 spiro atoms. The Morgan fingerprint density at radius 1 is 1.22 bits per heavy atom. The van der Waals surface area contributed by atoms with E-state index in [-0.39, 0.29) is 35.7 Å². The smallest absolute Gasteiger partial charge is 0.416 e. The van der Waals surface area contributed by atoms with Crippen molar-refractivity contribution in [2.24, 2.45) is 28.9 Å². The molecule has 4 bridgehead atoms. The first-order valence-corrected chi connectivity index (χ1v) is 11.2. The van der Waals surface area contributed by atoms with Crippen molar-refractivity contribution in [1.29, 1.82) is 0 Å². The average molecular weight is 452 g/mol. The molecule has 5 fully saturated rings. The predicted octanol–water partition coefficient (Wildman–Crippen LogP) is 3.40. The lowest BCUT2D eigenvalue weighted by atomic mass is 9.48. The number of ether oxygens (including phenoxy) is 1. The van der Waals surface area contributed by atoms with Crippen LogP contribution in [0.3, 0.4) is 0 Å². The van der Waals surface area contributed by atoms with Crippen molar-refractivity contribution in [2.45, 2.75) is 56.8 Å². The summed E-state index contributed by atoms with van der Waals surface area (Å²) in [6.07, 6.45) is 0.881. The highest BCUT2D eigenvalue weighted by atomic mass is 19.4. The number of primary amides is 1. The molecule has 6 rings (SSSR count). The second kappa shape index (κ2) is 7.52. The molecule has 0 radical (unpaired) electrons. The summed E-state index contributed by atoms with van der Waals surface area (Å²) in [5.41, 5.74) is 4.53. The molecule has 174 valence electrons. The number of carbonyl (C=O) groups is 2. The molecule has 0 aromatic carbocycles. The zero-order valence-electron chi connectivity index (χ0n) is 17.6. The number of nitrogens with two attached hydrogens (primary N) is 1. The summed E-state index contributed by atoms with van der Waals surface area (Å²) in [6.45, 7) is 0.804. The molecule has 5 aliphatic rings. The number of halogens is 3. The topological polar surface area (TPSA) is 97.6 Å². The summed E-state index contributed by atoms with van der Waals surface area (Å²) < 4.78 is 44.7. The zero-order chi connectivity index (χ0) is 22.7. The van der Waals surface area contributed by atoms with Gasteiger partial charge in [-0.3, -0.25) is 4.79 Å². The molecule has 4 saturated carbocycles. The lowest BCUT2D eigenvalue weighted by Gasteiger charge is -2.58. The van der Waals surface area contributed by atoms with Gasteiger partial charge >= 0.3 is 12.3 Å². The van der Waals surface area contributed by atoms with Crippen molar-refractivity contribution in [3.05, 3.63) is 23.9 Å². The van der Waals surface area contributed by atoms with Crippen LogP contribution in [0, 0.1) is 23.2 Å². The van der Waals surface area contributed by atoms with Crippen molar-refractivity contribution in [3.8, 4) is 0 Å². The number of anilines is 1. The Bertz CT molecular complexity index is 908. The summed E-state index contributed by atoms with van der Waals surface area (Å²) in [5.74, 6) is 0.735. The molecule has 1 saturated heterocycles. The summed E-state index contributed by atoms with van der Waals surface area (Å²) >= 11 is 0. The van der Waals surface area contributed by atoms with Gasteiger partial charge in [-0.1, -0.05) is 0 Å². The fourth-order valence-electron chi connectivity index (χ4n) is 6.60. The van der Waals surface area contributed by atoms with Gasteiger partial charge in [-0.2, -0.15) is 13.2 Å². The van der Waals surface area contributed by atoms with Gasteiger partial charge in [0.05, 0.1) is 11.0 Å². The number of hydrogen-bond acceptors (Lipinski definition) is 5. The first-order valence-electron chi connectivity index (χ1n) is 11.2. The molecule has 3 N–H and O–H groups in total. The highest BCUT2D eigenvalue weighted by Gasteiger charge is 2.59. The first-order chi connectivity index (χ1) is 15.1. The van der Waals surface area contributed by atoms with E-state index in [0.717, 1.165) is 37.6 Å². The number of aromatic nitrogens is 1. The number of nitrogens with zero attached hydrogens (tertiary/aromatic N) is 2. The van der Waals surface area contributed by atoms with Gasteiger partial charge in [-0.25, -0.2) is 9.78 Å². The van der Waals surface area contributed by atoms with Crippen molar-refractivity contribution < 1.29 is 27.5 Å². The van der Waals surface area contributed by atoms with Gasteiger partial charge in [0.15, 0.2) is 0 Å². The largest absolute Gasteiger partial charge is 0.446 e. The van der Waals surface area contributed by atoms with Crippen LogP contribution in [0.25, 0.3) is 0 Å². The van der Waals surface area contributed by atoms with Gasteiger partial charge in [0.2, 0.25) is 5.91 Å². The van der Waals surface area contributed by atoms with E-state index in [4.69, 9.17) is 10.5 Å². The Hall–Kier alpha value is -2.52. The number of likely N-dealkylation sites (tertiary alicyclic amines) is 1. The minimum Gasteiger partial charge on any atom is -0.446 e. The van der Waals surface area contributed by atoms with Crippen LogP contribution >= 0.6 is 0 Å². The molecule has 3 atom stereocenters. The average Bonchev–Trinajstić information content (AvgIpc) is 3.18. The van der Waals surface area contributed by atoms with Crippen LogP contribution < -0.4 is 11.1 Å². The van der Waals surface area contributed by atoms with Crippen molar-refractivity contribution in [2.75, 3.05) is 18.4 Å². The van der Waals surface area contributed by atoms with Crippen LogP contribution in [0.15, 0.2) is 18.3 Å². The quantitative estimate of drug-likeness (QED) is 0.730. The van der Waals surface area contributed by atoms with Gasteiger partial charge in [-0.05, 0) is 68.4 Å². The van der Waals surface area contributed by atoms with E-state index in [9.17, 15) is 22.8 Å². The third-order valence-corrected chi connectivity index (χ3v) is 7.83. The second-order valence-corrected chi connectivity index (χ2v) is 9.97. The monoisotopic (exact) mass is 452 g/mol. The Kier molecular flexibility index (Phi) is 5.01. The minimum atomic E-state index is -4.43. The van der Waals surface area contributed by atoms with E-state index in [0.29, 0.717) is 38.3 Å². The number of rotatable bonds is 4. The van der Waals surface area contributed by atoms with Crippen LogP contribution in [-0.4, -0.2) is 47.1 Å². The maximum atomic E-state index is 12.9. The number of nitrogens with one attached hydrogen (secondary N) is 1. The van der Waals surface area contributed by atoms with E-state index in [1.807, 2.05) is 0 Å². The lowest BCUT2D eigenvalue weighted by Crippen LogP contribution is -2.59. The van der Waals surface area contributed by atoms with Crippen LogP contribution in [0.4, 0.5) is 23.8 Å². The number of alkyl halides is 3. The van der Waals surface area contributed by atoms with Crippen molar-refractivity contribution >= 4 is 17.8 Å². The zero-order valence-corrected chi connectivity index (χ0v) is 17.6. The lowest BCUT2D eigenvalue weighted by molar-refractivity contribution is -0.161. The number of carbonyl (C=O) groups excluding carboxylic acids is 2. The molecule has 1 aliphatic heterocycles. The first kappa shape index (κ1) is 21.3. The highest BCUT2D eigenvalue weighted by molar-refractivity contribution is 5.81. The van der Waals surface area contributed by atoms with E-state index in [1.165, 1.54) is 0 Å². The number of pyridine rings is 1. The third-order valence-electron chi connectivity index (χ3n) is 7.83. The molecule has 2 unspecified atom stereocenters. The predicted molar refractivity (Wildman–Crippen MR) is 108 cm³/mol. The molecular weight excluding hydrogens is 425 g/mol. The molecule has 10 heteroatoms. The summed E-state index contributed by atoms with van der Waals surface area (Å²) in [4.78, 5) is 30.5. The van der Waals surface area contributed by atoms with Crippen LogP contribution in [0.1, 0.15) is 44.1 Å². The highest BCUT2D eigenvalue weighted by Crippen LogP contribution is 2.60. The van der Waals surface area contributed by atoms with Gasteiger partial charge in [0.1, 0.15) is 11.9 Å². The molecular formula is C22H27F3N4O3. The Morgan fingerprint density at radius 2 is 1.94 bits per heavy atom. The van der Waals surface area contributed by atoms with Crippen LogP contribution in [-0.2, 0) is 15.7 Å². The molecule has 2 heterocycles. The van der Waals surface area contributed by atoms with E-state index in [1.54, 1.807) is 4.90 Å². The molecule has 1 aromatic heterocycles. The standard InChI is InChI=1S/C22H27F3N4O3/c23-22(24,25)15-1-3-27-17(7-15)28-16-2-4-29(11-16)20(31)32-18-13-5-12-6-14(18)10-21(8-12,9-13)19(26)30/h1,3,7,12-14,16,18H,2,4-6,8-11H2,(H2,26,30)(H,27,28)/t12?,13?,14?,16-,18?,21?/m1/s1. The molecule has 1 aromatic rings. The number of amides is 2. The molecule has 4 aliphatic carbocycles. The van der Waals surface area contributed by atoms with E-state index >= 15 is 0 Å². The number of hydrogen-bond donors (Lipinski definition) is 2. The minimum absolute atomic E-state index is 0.137. The maximum Gasteiger partial charge on any atom is 0.416 e. The Balaban J connectivity index is 1.18. The van der Waals surface area contributed by atoms with Gasteiger partial charge in [-0.15, -0.1) is 0 Å². The van der Waals surface area contributed by atoms with Crippen molar-refractivity contribution in [3.63, 3.8) is 0 Å². The fraction of sp³-hybridized carbons (Fsp3) is 0.682. The molecule has 2 amide bonds. The maximum absolute atomic E-state index is 12.9. The van der Waals surface area contributed by atoms with Crippen LogP contribution in [0.2, 0.25) is 0 Å². The third kappa shape index (κ3) is 3.77. The summed E-state index contributed by atoms with van der Waals surface area (Å²) in [7, 11) is 0. The Labute approximate surface area is 183 Å². The molecule has 7 nitrogen and oxygen atoms in total. The van der Waals surface area contributed by atoms with Gasteiger partial charge in [0, 0.05) is 25.3 Å². The van der Waals surface area contributed by atoms with Crippen molar-refractivity contribution in [1.82, 2.24) is 9.88 Å². The molecule has 32 heavy (non-hydrogen) atoms. The van der Waals surface area contributed by atoms with Crippen LogP contribution in [0.5, 0.6) is 0 Å². The van der Waals surface area contributed by atoms with E-state index in [2.05, 4.69) is 10.3 Å². The normalized spacial score (nSPS) is 35.7. The second-order valence-electron chi connectivity index (χ2n) is 9.97. The Morgan fingerprint density at radius 3 is 2.59 bits per heavy atom. The SMILES string of the molecule is NC(=O)C12CC3CC(C1)C(OC(=O)N1CC[C@@H](Nc4cc(C(F)(F)F)ccn4)C1)C(C3)C2. The fourth-order valence-corrected chi connectivity index (χ4v) is 6.60.